The van der Waals surface area contributed by atoms with Crippen molar-refractivity contribution in [1.82, 2.24) is 15.1 Å². The summed E-state index contributed by atoms with van der Waals surface area (Å²) in [4.78, 5) is 28.1. The van der Waals surface area contributed by atoms with Crippen molar-refractivity contribution in [2.45, 2.75) is 25.8 Å². The van der Waals surface area contributed by atoms with E-state index in [0.717, 1.165) is 37.2 Å². The topological polar surface area (TPSA) is 61.9 Å². The molecule has 1 aliphatic rings. The van der Waals surface area contributed by atoms with Crippen LogP contribution in [0.5, 0.6) is 5.75 Å². The van der Waals surface area contributed by atoms with E-state index in [1.165, 1.54) is 0 Å². The van der Waals surface area contributed by atoms with Crippen molar-refractivity contribution < 1.29 is 14.3 Å². The van der Waals surface area contributed by atoms with Crippen molar-refractivity contribution in [3.8, 4) is 5.75 Å². The van der Waals surface area contributed by atoms with Gasteiger partial charge in [0.2, 0.25) is 11.8 Å². The van der Waals surface area contributed by atoms with E-state index in [4.69, 9.17) is 4.74 Å². The number of likely N-dealkylation sites (tertiary alicyclic amines) is 1. The summed E-state index contributed by atoms with van der Waals surface area (Å²) >= 11 is 0. The molecule has 0 aliphatic carbocycles. The third-order valence-electron chi connectivity index (χ3n) is 4.73. The lowest BCUT2D eigenvalue weighted by atomic mass is 9.95. The van der Waals surface area contributed by atoms with Crippen molar-refractivity contribution in [2.75, 3.05) is 40.8 Å². The summed E-state index contributed by atoms with van der Waals surface area (Å²) in [5.41, 5.74) is 0.966. The van der Waals surface area contributed by atoms with Crippen molar-refractivity contribution >= 4 is 11.8 Å². The first-order valence-corrected chi connectivity index (χ1v) is 8.78. The quantitative estimate of drug-likeness (QED) is 0.850. The molecule has 1 N–H and O–H groups in total. The molecular weight excluding hydrogens is 318 g/mol. The normalized spacial score (nSPS) is 17.0. The van der Waals surface area contributed by atoms with Crippen molar-refractivity contribution in [2.24, 2.45) is 5.92 Å². The zero-order valence-electron chi connectivity index (χ0n) is 15.6. The van der Waals surface area contributed by atoms with Gasteiger partial charge >= 0.3 is 0 Å². The van der Waals surface area contributed by atoms with Crippen LogP contribution in [-0.4, -0.2) is 62.5 Å². The van der Waals surface area contributed by atoms with E-state index in [2.05, 4.69) is 10.2 Å². The molecule has 6 nitrogen and oxygen atoms in total. The molecule has 1 heterocycles. The lowest BCUT2D eigenvalue weighted by Crippen LogP contribution is -2.44. The zero-order valence-corrected chi connectivity index (χ0v) is 15.6. The Hall–Kier alpha value is -2.08. The lowest BCUT2D eigenvalue weighted by molar-refractivity contribution is -0.134. The minimum Gasteiger partial charge on any atom is -0.496 e. The van der Waals surface area contributed by atoms with E-state index in [1.54, 1.807) is 26.1 Å². The molecule has 0 saturated carbocycles. The van der Waals surface area contributed by atoms with E-state index < -0.39 is 0 Å². The molecule has 1 unspecified atom stereocenters. The van der Waals surface area contributed by atoms with E-state index in [9.17, 15) is 9.59 Å². The van der Waals surface area contributed by atoms with Gasteiger partial charge in [0.15, 0.2) is 0 Å². The van der Waals surface area contributed by atoms with Gasteiger partial charge in [-0.3, -0.25) is 14.5 Å². The maximum Gasteiger partial charge on any atom is 0.234 e. The standard InChI is InChI=1S/C19H29N3O3/c1-14(16-7-5-6-8-17(16)25-4)20-18(23)13-22-11-9-15(10-12-22)19(24)21(2)3/h5-8,14-15H,9-13H2,1-4H3,(H,20,23). The highest BCUT2D eigenvalue weighted by Crippen LogP contribution is 2.24. The number of hydrogen-bond acceptors (Lipinski definition) is 4. The number of rotatable bonds is 6. The highest BCUT2D eigenvalue weighted by Gasteiger charge is 2.27. The first-order chi connectivity index (χ1) is 11.9. The van der Waals surface area contributed by atoms with E-state index >= 15 is 0 Å². The number of amides is 2. The Morgan fingerprint density at radius 3 is 2.52 bits per heavy atom. The molecule has 1 aromatic rings. The first-order valence-electron chi connectivity index (χ1n) is 8.78. The summed E-state index contributed by atoms with van der Waals surface area (Å²) in [5.74, 6) is 1.05. The number of benzene rings is 1. The van der Waals surface area contributed by atoms with Gasteiger partial charge in [-0.15, -0.1) is 0 Å². The zero-order chi connectivity index (χ0) is 18.4. The van der Waals surface area contributed by atoms with Crippen LogP contribution in [0.4, 0.5) is 0 Å². The second-order valence-electron chi connectivity index (χ2n) is 6.81. The molecule has 1 fully saturated rings. The van der Waals surface area contributed by atoms with Gasteiger partial charge in [-0.1, -0.05) is 18.2 Å². The molecule has 1 atom stereocenters. The van der Waals surface area contributed by atoms with Crippen LogP contribution in [0.2, 0.25) is 0 Å². The second-order valence-corrected chi connectivity index (χ2v) is 6.81. The van der Waals surface area contributed by atoms with E-state index in [-0.39, 0.29) is 23.8 Å². The Morgan fingerprint density at radius 2 is 1.92 bits per heavy atom. The number of piperidine rings is 1. The van der Waals surface area contributed by atoms with Crippen LogP contribution in [0.3, 0.4) is 0 Å². The molecule has 25 heavy (non-hydrogen) atoms. The van der Waals surface area contributed by atoms with Gasteiger partial charge < -0.3 is 15.0 Å². The van der Waals surface area contributed by atoms with Crippen LogP contribution in [0.1, 0.15) is 31.4 Å². The fourth-order valence-electron chi connectivity index (χ4n) is 3.30. The summed E-state index contributed by atoms with van der Waals surface area (Å²) in [6.07, 6.45) is 1.62. The summed E-state index contributed by atoms with van der Waals surface area (Å²) in [6.45, 7) is 3.88. The van der Waals surface area contributed by atoms with Crippen LogP contribution in [0, 0.1) is 5.92 Å². The molecule has 1 saturated heterocycles. The summed E-state index contributed by atoms with van der Waals surface area (Å²) < 4.78 is 5.35. The van der Waals surface area contributed by atoms with Gasteiger partial charge in [0.25, 0.3) is 0 Å². The molecule has 0 aromatic heterocycles. The predicted octanol–water partition coefficient (Wildman–Crippen LogP) is 1.67. The minimum atomic E-state index is -0.114. The van der Waals surface area contributed by atoms with Crippen LogP contribution >= 0.6 is 0 Å². The third-order valence-corrected chi connectivity index (χ3v) is 4.73. The van der Waals surface area contributed by atoms with Gasteiger partial charge in [0.05, 0.1) is 19.7 Å². The van der Waals surface area contributed by atoms with Gasteiger partial charge in [0.1, 0.15) is 5.75 Å². The average Bonchev–Trinajstić information content (AvgIpc) is 2.61. The number of ether oxygens (including phenoxy) is 1. The molecule has 1 aromatic carbocycles. The molecule has 6 heteroatoms. The molecule has 2 rings (SSSR count). The van der Waals surface area contributed by atoms with Gasteiger partial charge in [0, 0.05) is 25.6 Å². The smallest absolute Gasteiger partial charge is 0.234 e. The van der Waals surface area contributed by atoms with Crippen LogP contribution < -0.4 is 10.1 Å². The number of hydrogen-bond donors (Lipinski definition) is 1. The average molecular weight is 347 g/mol. The monoisotopic (exact) mass is 347 g/mol. The maximum atomic E-state index is 12.3. The summed E-state index contributed by atoms with van der Waals surface area (Å²) in [6, 6.07) is 7.59. The number of carbonyl (C=O) groups is 2. The number of methoxy groups -OCH3 is 1. The van der Waals surface area contributed by atoms with Gasteiger partial charge in [-0.05, 0) is 38.9 Å². The third kappa shape index (κ3) is 5.19. The molecule has 0 bridgehead atoms. The lowest BCUT2D eigenvalue weighted by Gasteiger charge is -2.32. The largest absolute Gasteiger partial charge is 0.496 e. The molecular formula is C19H29N3O3. The Kier molecular flexibility index (Phi) is 6.82. The highest BCUT2D eigenvalue weighted by atomic mass is 16.5. The van der Waals surface area contributed by atoms with Crippen LogP contribution in [0.15, 0.2) is 24.3 Å². The Bertz CT molecular complexity index is 595. The number of nitrogens with zero attached hydrogens (tertiary/aromatic N) is 2. The molecule has 0 spiro atoms. The minimum absolute atomic E-state index is 0.00390. The number of nitrogens with one attached hydrogen (secondary N) is 1. The second kappa shape index (κ2) is 8.85. The number of carbonyl (C=O) groups excluding carboxylic acids is 2. The highest BCUT2D eigenvalue weighted by molar-refractivity contribution is 5.79. The van der Waals surface area contributed by atoms with E-state index in [1.807, 2.05) is 31.2 Å². The Morgan fingerprint density at radius 1 is 1.28 bits per heavy atom. The van der Waals surface area contributed by atoms with Crippen molar-refractivity contribution in [1.29, 1.82) is 0 Å². The summed E-state index contributed by atoms with van der Waals surface area (Å²) in [7, 11) is 5.22. The fourth-order valence-corrected chi connectivity index (χ4v) is 3.30. The SMILES string of the molecule is COc1ccccc1C(C)NC(=O)CN1CCC(C(=O)N(C)C)CC1. The molecule has 2 amide bonds. The van der Waals surface area contributed by atoms with Crippen molar-refractivity contribution in [3.63, 3.8) is 0 Å². The predicted molar refractivity (Wildman–Crippen MR) is 97.4 cm³/mol. The summed E-state index contributed by atoms with van der Waals surface area (Å²) in [5, 5.41) is 3.03. The molecule has 1 aliphatic heterocycles. The first kappa shape index (κ1) is 19.2. The Labute approximate surface area is 150 Å². The maximum absolute atomic E-state index is 12.3. The van der Waals surface area contributed by atoms with Gasteiger partial charge in [-0.2, -0.15) is 0 Å². The molecule has 0 radical (unpaired) electrons. The number of para-hydroxylation sites is 1. The van der Waals surface area contributed by atoms with Crippen LogP contribution in [0.25, 0.3) is 0 Å². The van der Waals surface area contributed by atoms with E-state index in [0.29, 0.717) is 6.54 Å². The molecule has 138 valence electrons. The van der Waals surface area contributed by atoms with Crippen molar-refractivity contribution in [3.05, 3.63) is 29.8 Å². The fraction of sp³-hybridized carbons (Fsp3) is 0.579. The van der Waals surface area contributed by atoms with Gasteiger partial charge in [-0.25, -0.2) is 0 Å². The Balaban J connectivity index is 1.82. The van der Waals surface area contributed by atoms with Crippen LogP contribution in [-0.2, 0) is 9.59 Å².